The summed E-state index contributed by atoms with van der Waals surface area (Å²) in [5.41, 5.74) is 0.788. The predicted molar refractivity (Wildman–Crippen MR) is 41.0 cm³/mol. The van der Waals surface area contributed by atoms with Crippen LogP contribution in [0.15, 0.2) is 23.5 Å². The van der Waals surface area contributed by atoms with E-state index in [1.54, 1.807) is 18.3 Å². The van der Waals surface area contributed by atoms with E-state index in [0.717, 1.165) is 5.56 Å². The summed E-state index contributed by atoms with van der Waals surface area (Å²) in [6, 6.07) is 3.49. The molecule has 2 N–H and O–H groups in total. The average molecular weight is 154 g/mol. The fourth-order valence-electron chi connectivity index (χ4n) is 0.570. The highest BCUT2D eigenvalue weighted by molar-refractivity contribution is 7.71. The van der Waals surface area contributed by atoms with Gasteiger partial charge in [-0.25, -0.2) is 0 Å². The molecule has 1 aromatic rings. The summed E-state index contributed by atoms with van der Waals surface area (Å²) in [4.78, 5) is 2.80. The summed E-state index contributed by atoms with van der Waals surface area (Å²) in [6.45, 7) is 0. The summed E-state index contributed by atoms with van der Waals surface area (Å²) in [5.74, 6) is 0. The molecule has 0 saturated carbocycles. The number of hydrogen-bond donors (Lipinski definition) is 2. The van der Waals surface area contributed by atoms with Gasteiger partial charge in [-0.3, -0.25) is 0 Å². The maximum absolute atomic E-state index is 8.12. The lowest BCUT2D eigenvalue weighted by atomic mass is 10.3. The van der Waals surface area contributed by atoms with Crippen LogP contribution in [0, 0.1) is 4.64 Å². The molecule has 0 saturated heterocycles. The van der Waals surface area contributed by atoms with Gasteiger partial charge in [0.15, 0.2) is 0 Å². The van der Waals surface area contributed by atoms with E-state index >= 15 is 0 Å². The zero-order chi connectivity index (χ0) is 7.40. The fourth-order valence-corrected chi connectivity index (χ4v) is 0.697. The van der Waals surface area contributed by atoms with Crippen molar-refractivity contribution in [2.75, 3.05) is 0 Å². The quantitative estimate of drug-likeness (QED) is 0.279. The number of hydrogen-bond acceptors (Lipinski definition) is 3. The largest absolute Gasteiger partial charge is 0.411 e. The van der Waals surface area contributed by atoms with Gasteiger partial charge in [0, 0.05) is 11.8 Å². The molecule has 52 valence electrons. The van der Waals surface area contributed by atoms with Crippen LogP contribution in [0.25, 0.3) is 0 Å². The Hall–Kier alpha value is -1.16. The Morgan fingerprint density at radius 1 is 1.60 bits per heavy atom. The van der Waals surface area contributed by atoms with Gasteiger partial charge in [-0.2, -0.15) is 0 Å². The number of oxime groups is 1. The van der Waals surface area contributed by atoms with Crippen LogP contribution in [0.1, 0.15) is 5.56 Å². The average Bonchev–Trinajstić information content (AvgIpc) is 1.95. The van der Waals surface area contributed by atoms with Crippen molar-refractivity contribution in [1.82, 2.24) is 4.98 Å². The van der Waals surface area contributed by atoms with Crippen LogP contribution in [-0.4, -0.2) is 16.4 Å². The first kappa shape index (κ1) is 6.95. The SMILES string of the molecule is O/N=C/c1ccc(=S)[nH]c1. The number of H-pyrrole nitrogens is 1. The minimum atomic E-state index is 0.662. The third-order valence-electron chi connectivity index (χ3n) is 1.02. The fraction of sp³-hybridized carbons (Fsp3) is 0. The molecule has 0 unspecified atom stereocenters. The normalized spacial score (nSPS) is 10.4. The topological polar surface area (TPSA) is 48.4 Å². The third kappa shape index (κ3) is 1.66. The molecule has 10 heavy (non-hydrogen) atoms. The van der Waals surface area contributed by atoms with Crippen molar-refractivity contribution in [1.29, 1.82) is 0 Å². The van der Waals surface area contributed by atoms with Crippen molar-refractivity contribution in [2.45, 2.75) is 0 Å². The van der Waals surface area contributed by atoms with Gasteiger partial charge < -0.3 is 10.2 Å². The maximum atomic E-state index is 8.12. The Balaban J connectivity index is 3.00. The molecular formula is C6H6N2OS. The molecule has 0 spiro atoms. The molecule has 0 bridgehead atoms. The van der Waals surface area contributed by atoms with Crippen LogP contribution in [0.3, 0.4) is 0 Å². The van der Waals surface area contributed by atoms with Gasteiger partial charge in [0.2, 0.25) is 0 Å². The van der Waals surface area contributed by atoms with Crippen LogP contribution in [0.4, 0.5) is 0 Å². The Morgan fingerprint density at radius 3 is 2.90 bits per heavy atom. The first-order valence-corrected chi connectivity index (χ1v) is 3.10. The van der Waals surface area contributed by atoms with E-state index in [4.69, 9.17) is 17.4 Å². The van der Waals surface area contributed by atoms with Gasteiger partial charge in [-0.1, -0.05) is 17.4 Å². The van der Waals surface area contributed by atoms with E-state index in [-0.39, 0.29) is 0 Å². The summed E-state index contributed by atoms with van der Waals surface area (Å²) < 4.78 is 0.662. The first-order chi connectivity index (χ1) is 4.83. The van der Waals surface area contributed by atoms with Gasteiger partial charge >= 0.3 is 0 Å². The number of aromatic amines is 1. The first-order valence-electron chi connectivity index (χ1n) is 2.69. The van der Waals surface area contributed by atoms with Crippen molar-refractivity contribution in [3.8, 4) is 0 Å². The second-order valence-corrected chi connectivity index (χ2v) is 2.17. The molecule has 1 aromatic heterocycles. The van der Waals surface area contributed by atoms with Gasteiger partial charge in [-0.05, 0) is 12.1 Å². The molecule has 0 aliphatic heterocycles. The molecule has 0 fully saturated rings. The molecule has 0 atom stereocenters. The molecule has 3 nitrogen and oxygen atoms in total. The zero-order valence-electron chi connectivity index (χ0n) is 5.11. The van der Waals surface area contributed by atoms with Crippen LogP contribution < -0.4 is 0 Å². The highest BCUT2D eigenvalue weighted by atomic mass is 32.1. The minimum absolute atomic E-state index is 0.662. The van der Waals surface area contributed by atoms with Crippen LogP contribution >= 0.6 is 12.2 Å². The standard InChI is InChI=1S/C6H6N2OS/c9-8-4-5-1-2-6(10)7-3-5/h1-4,9H,(H,7,10)/b8-4+. The van der Waals surface area contributed by atoms with E-state index in [2.05, 4.69) is 10.1 Å². The van der Waals surface area contributed by atoms with Crippen molar-refractivity contribution < 1.29 is 5.21 Å². The van der Waals surface area contributed by atoms with Gasteiger partial charge in [-0.15, -0.1) is 0 Å². The van der Waals surface area contributed by atoms with E-state index in [1.807, 2.05) is 0 Å². The zero-order valence-corrected chi connectivity index (χ0v) is 5.93. The summed E-state index contributed by atoms with van der Waals surface area (Å²) in [5, 5.41) is 11.0. The Morgan fingerprint density at radius 2 is 2.40 bits per heavy atom. The number of nitrogens with one attached hydrogen (secondary N) is 1. The monoisotopic (exact) mass is 154 g/mol. The number of nitrogens with zero attached hydrogens (tertiary/aromatic N) is 1. The molecule has 0 aliphatic carbocycles. The highest BCUT2D eigenvalue weighted by Crippen LogP contribution is 1.91. The minimum Gasteiger partial charge on any atom is -0.411 e. The summed E-state index contributed by atoms with van der Waals surface area (Å²) >= 11 is 4.79. The molecule has 4 heteroatoms. The molecule has 1 rings (SSSR count). The smallest absolute Gasteiger partial charge is 0.103 e. The lowest BCUT2D eigenvalue weighted by Gasteiger charge is -1.87. The Bertz CT molecular complexity index is 272. The predicted octanol–water partition coefficient (Wildman–Crippen LogP) is 1.55. The van der Waals surface area contributed by atoms with Gasteiger partial charge in [0.05, 0.1) is 6.21 Å². The second kappa shape index (κ2) is 3.12. The Labute approximate surface area is 63.0 Å². The van der Waals surface area contributed by atoms with Crippen LogP contribution in [0.5, 0.6) is 0 Å². The number of pyridine rings is 1. The molecule has 0 aliphatic rings. The van der Waals surface area contributed by atoms with E-state index < -0.39 is 0 Å². The maximum Gasteiger partial charge on any atom is 0.103 e. The lowest BCUT2D eigenvalue weighted by Crippen LogP contribution is -1.81. The van der Waals surface area contributed by atoms with Crippen molar-refractivity contribution >= 4 is 18.4 Å². The van der Waals surface area contributed by atoms with Crippen molar-refractivity contribution in [2.24, 2.45) is 5.16 Å². The van der Waals surface area contributed by atoms with E-state index in [9.17, 15) is 0 Å². The Kier molecular flexibility index (Phi) is 2.17. The second-order valence-electron chi connectivity index (χ2n) is 1.73. The third-order valence-corrected chi connectivity index (χ3v) is 1.27. The molecular weight excluding hydrogens is 148 g/mol. The van der Waals surface area contributed by atoms with Crippen LogP contribution in [-0.2, 0) is 0 Å². The van der Waals surface area contributed by atoms with Crippen molar-refractivity contribution in [3.05, 3.63) is 28.5 Å². The lowest BCUT2D eigenvalue weighted by molar-refractivity contribution is 0.322. The molecule has 0 aromatic carbocycles. The molecule has 0 radical (unpaired) electrons. The van der Waals surface area contributed by atoms with Crippen molar-refractivity contribution in [3.63, 3.8) is 0 Å². The van der Waals surface area contributed by atoms with Gasteiger partial charge in [0.1, 0.15) is 4.64 Å². The summed E-state index contributed by atoms with van der Waals surface area (Å²) in [7, 11) is 0. The van der Waals surface area contributed by atoms with E-state index in [0.29, 0.717) is 4.64 Å². The highest BCUT2D eigenvalue weighted by Gasteiger charge is 1.82. The van der Waals surface area contributed by atoms with Crippen LogP contribution in [0.2, 0.25) is 0 Å². The molecule has 0 amide bonds. The summed E-state index contributed by atoms with van der Waals surface area (Å²) in [6.07, 6.45) is 2.99. The molecule has 1 heterocycles. The van der Waals surface area contributed by atoms with Gasteiger partial charge in [0.25, 0.3) is 0 Å². The number of aromatic nitrogens is 1. The van der Waals surface area contributed by atoms with E-state index in [1.165, 1.54) is 6.21 Å². The number of rotatable bonds is 1.